The highest BCUT2D eigenvalue weighted by atomic mass is 35.5. The van der Waals surface area contributed by atoms with Gasteiger partial charge in [-0.3, -0.25) is 0 Å². The summed E-state index contributed by atoms with van der Waals surface area (Å²) < 4.78 is 10.7. The Morgan fingerprint density at radius 3 is 3.00 bits per heavy atom. The monoisotopic (exact) mass is 214 g/mol. The van der Waals surface area contributed by atoms with Gasteiger partial charge in [0.05, 0.1) is 5.88 Å². The van der Waals surface area contributed by atoms with Crippen LogP contribution in [0.1, 0.15) is 5.56 Å². The highest BCUT2D eigenvalue weighted by molar-refractivity contribution is 6.18. The molecule has 14 heavy (non-hydrogen) atoms. The van der Waals surface area contributed by atoms with Crippen molar-refractivity contribution < 1.29 is 14.6 Å². The summed E-state index contributed by atoms with van der Waals surface area (Å²) in [5, 5.41) is 9.72. The average Bonchev–Trinajstić information content (AvgIpc) is 2.19. The van der Waals surface area contributed by atoms with Crippen LogP contribution in [0.4, 0.5) is 0 Å². The fourth-order valence-electron chi connectivity index (χ4n) is 1.30. The minimum atomic E-state index is -1.40. The molecule has 1 atom stereocenters. The summed E-state index contributed by atoms with van der Waals surface area (Å²) in [6.45, 7) is 2.03. The molecule has 0 bridgehead atoms. The van der Waals surface area contributed by atoms with E-state index >= 15 is 0 Å². The molecule has 0 radical (unpaired) electrons. The second-order valence-electron chi connectivity index (χ2n) is 3.42. The minimum absolute atomic E-state index is 0.0136. The van der Waals surface area contributed by atoms with Gasteiger partial charge in [-0.25, -0.2) is 0 Å². The molecular weight excluding hydrogens is 204 g/mol. The molecule has 1 N–H and O–H groups in total. The van der Waals surface area contributed by atoms with Crippen LogP contribution in [0.5, 0.6) is 11.5 Å². The van der Waals surface area contributed by atoms with E-state index in [9.17, 15) is 5.11 Å². The van der Waals surface area contributed by atoms with E-state index in [4.69, 9.17) is 21.1 Å². The van der Waals surface area contributed by atoms with Crippen LogP contribution in [0, 0.1) is 6.92 Å². The smallest absolute Gasteiger partial charge is 0.256 e. The first-order chi connectivity index (χ1) is 6.63. The van der Waals surface area contributed by atoms with Crippen LogP contribution in [-0.4, -0.2) is 23.4 Å². The first kappa shape index (κ1) is 9.62. The second-order valence-corrected chi connectivity index (χ2v) is 3.69. The van der Waals surface area contributed by atoms with Crippen molar-refractivity contribution in [1.82, 2.24) is 0 Å². The Kier molecular flexibility index (Phi) is 2.29. The first-order valence-corrected chi connectivity index (χ1v) is 4.87. The summed E-state index contributed by atoms with van der Waals surface area (Å²) in [7, 11) is 0. The fraction of sp³-hybridized carbons (Fsp3) is 0.400. The topological polar surface area (TPSA) is 38.7 Å². The van der Waals surface area contributed by atoms with Crippen molar-refractivity contribution in [3.8, 4) is 11.5 Å². The number of ether oxygens (including phenoxy) is 2. The maximum absolute atomic E-state index is 9.72. The van der Waals surface area contributed by atoms with Gasteiger partial charge in [-0.2, -0.15) is 0 Å². The molecule has 1 unspecified atom stereocenters. The van der Waals surface area contributed by atoms with Crippen LogP contribution < -0.4 is 9.47 Å². The number of aryl methyl sites for hydroxylation is 1. The van der Waals surface area contributed by atoms with E-state index in [-0.39, 0.29) is 12.5 Å². The van der Waals surface area contributed by atoms with E-state index in [1.807, 2.05) is 19.1 Å². The standard InChI is InChI=1S/C10H11ClO3/c1-7-2-3-8-9(4-7)13-6-10(12,5-11)14-8/h2-4,12H,5-6H2,1H3. The lowest BCUT2D eigenvalue weighted by atomic mass is 10.2. The van der Waals surface area contributed by atoms with Crippen molar-refractivity contribution in [2.45, 2.75) is 12.7 Å². The molecule has 3 nitrogen and oxygen atoms in total. The van der Waals surface area contributed by atoms with E-state index in [0.717, 1.165) is 5.56 Å². The lowest BCUT2D eigenvalue weighted by Gasteiger charge is -2.32. The van der Waals surface area contributed by atoms with Gasteiger partial charge in [0, 0.05) is 0 Å². The van der Waals surface area contributed by atoms with E-state index < -0.39 is 5.79 Å². The molecule has 0 saturated heterocycles. The summed E-state index contributed by atoms with van der Waals surface area (Å²) in [4.78, 5) is 0. The average molecular weight is 215 g/mol. The highest BCUT2D eigenvalue weighted by Gasteiger charge is 2.34. The Hall–Kier alpha value is -0.930. The molecule has 76 valence electrons. The zero-order chi connectivity index (χ0) is 10.2. The van der Waals surface area contributed by atoms with Gasteiger partial charge in [-0.15, -0.1) is 11.6 Å². The lowest BCUT2D eigenvalue weighted by Crippen LogP contribution is -2.46. The van der Waals surface area contributed by atoms with E-state index in [1.165, 1.54) is 0 Å². The van der Waals surface area contributed by atoms with E-state index in [2.05, 4.69) is 0 Å². The molecule has 2 rings (SSSR count). The van der Waals surface area contributed by atoms with Crippen LogP contribution in [0.15, 0.2) is 18.2 Å². The Bertz CT molecular complexity index is 353. The fourth-order valence-corrected chi connectivity index (χ4v) is 1.43. The van der Waals surface area contributed by atoms with Gasteiger partial charge in [0.15, 0.2) is 18.1 Å². The Balaban J connectivity index is 2.31. The number of rotatable bonds is 1. The van der Waals surface area contributed by atoms with Gasteiger partial charge in [0.2, 0.25) is 0 Å². The summed E-state index contributed by atoms with van der Waals surface area (Å²) in [5.74, 6) is -0.228. The molecule has 0 aliphatic carbocycles. The molecule has 0 fully saturated rings. The van der Waals surface area contributed by atoms with Crippen molar-refractivity contribution in [2.24, 2.45) is 0 Å². The number of halogens is 1. The maximum Gasteiger partial charge on any atom is 0.256 e. The SMILES string of the molecule is Cc1ccc2c(c1)OCC(O)(CCl)O2. The van der Waals surface area contributed by atoms with E-state index in [1.54, 1.807) is 6.07 Å². The first-order valence-electron chi connectivity index (χ1n) is 4.34. The number of aliphatic hydroxyl groups is 1. The molecule has 0 amide bonds. The Morgan fingerprint density at radius 2 is 2.29 bits per heavy atom. The number of alkyl halides is 1. The largest absolute Gasteiger partial charge is 0.483 e. The third-order valence-corrected chi connectivity index (χ3v) is 2.48. The predicted octanol–water partition coefficient (Wildman–Crippen LogP) is 1.69. The predicted molar refractivity (Wildman–Crippen MR) is 53.0 cm³/mol. The lowest BCUT2D eigenvalue weighted by molar-refractivity contribution is -0.156. The molecule has 0 aromatic heterocycles. The molecule has 1 aliphatic rings. The molecule has 1 aliphatic heterocycles. The number of benzene rings is 1. The molecule has 4 heteroatoms. The zero-order valence-electron chi connectivity index (χ0n) is 7.79. The van der Waals surface area contributed by atoms with Crippen molar-refractivity contribution >= 4 is 11.6 Å². The van der Waals surface area contributed by atoms with Crippen molar-refractivity contribution in [1.29, 1.82) is 0 Å². The molecule has 1 aromatic rings. The normalized spacial score (nSPS) is 24.8. The molecule has 0 spiro atoms. The van der Waals surface area contributed by atoms with Crippen LogP contribution in [-0.2, 0) is 0 Å². The molecule has 1 aromatic carbocycles. The van der Waals surface area contributed by atoms with Crippen molar-refractivity contribution in [3.05, 3.63) is 23.8 Å². The zero-order valence-corrected chi connectivity index (χ0v) is 8.54. The minimum Gasteiger partial charge on any atom is -0.483 e. The quantitative estimate of drug-likeness (QED) is 0.724. The van der Waals surface area contributed by atoms with Crippen molar-refractivity contribution in [3.63, 3.8) is 0 Å². The van der Waals surface area contributed by atoms with E-state index in [0.29, 0.717) is 11.5 Å². The maximum atomic E-state index is 9.72. The third-order valence-electron chi connectivity index (χ3n) is 2.06. The third kappa shape index (κ3) is 1.65. The number of hydrogen-bond donors (Lipinski definition) is 1. The van der Waals surface area contributed by atoms with Gasteiger partial charge in [-0.05, 0) is 24.6 Å². The summed E-state index contributed by atoms with van der Waals surface area (Å²) in [6.07, 6.45) is 0. The van der Waals surface area contributed by atoms with Crippen molar-refractivity contribution in [2.75, 3.05) is 12.5 Å². The van der Waals surface area contributed by atoms with Gasteiger partial charge in [0.1, 0.15) is 0 Å². The highest BCUT2D eigenvalue weighted by Crippen LogP contribution is 2.35. The van der Waals surface area contributed by atoms with Gasteiger partial charge < -0.3 is 14.6 Å². The van der Waals surface area contributed by atoms with Gasteiger partial charge >= 0.3 is 0 Å². The van der Waals surface area contributed by atoms with Crippen LogP contribution in [0.3, 0.4) is 0 Å². The number of fused-ring (bicyclic) bond motifs is 1. The van der Waals surface area contributed by atoms with Crippen LogP contribution >= 0.6 is 11.6 Å². The van der Waals surface area contributed by atoms with Gasteiger partial charge in [-0.1, -0.05) is 6.07 Å². The van der Waals surface area contributed by atoms with Crippen LogP contribution in [0.25, 0.3) is 0 Å². The number of hydrogen-bond acceptors (Lipinski definition) is 3. The Labute approximate surface area is 87.2 Å². The molecular formula is C10H11ClO3. The second kappa shape index (κ2) is 3.33. The van der Waals surface area contributed by atoms with Gasteiger partial charge in [0.25, 0.3) is 5.79 Å². The molecule has 1 heterocycles. The summed E-state index contributed by atoms with van der Waals surface area (Å²) in [6, 6.07) is 5.52. The Morgan fingerprint density at radius 1 is 1.50 bits per heavy atom. The van der Waals surface area contributed by atoms with Crippen LogP contribution in [0.2, 0.25) is 0 Å². The molecule has 0 saturated carbocycles. The summed E-state index contributed by atoms with van der Waals surface area (Å²) >= 11 is 5.56. The summed E-state index contributed by atoms with van der Waals surface area (Å²) in [5.41, 5.74) is 1.09.